The molecule has 1 saturated heterocycles. The smallest absolute Gasteiger partial charge is 0.129 e. The highest BCUT2D eigenvalue weighted by molar-refractivity contribution is 5.79. The van der Waals surface area contributed by atoms with Gasteiger partial charge in [-0.3, -0.25) is 9.97 Å². The van der Waals surface area contributed by atoms with Crippen molar-refractivity contribution in [1.82, 2.24) is 15.0 Å². The van der Waals surface area contributed by atoms with E-state index in [1.165, 1.54) is 5.69 Å². The van der Waals surface area contributed by atoms with Crippen molar-refractivity contribution in [3.63, 3.8) is 0 Å². The van der Waals surface area contributed by atoms with Gasteiger partial charge in [0.25, 0.3) is 0 Å². The van der Waals surface area contributed by atoms with E-state index in [1.807, 2.05) is 24.7 Å². The summed E-state index contributed by atoms with van der Waals surface area (Å²) in [6.07, 6.45) is 5.53. The summed E-state index contributed by atoms with van der Waals surface area (Å²) in [6, 6.07) is 10.3. The highest BCUT2D eigenvalue weighted by Crippen LogP contribution is 2.21. The molecule has 0 bridgehead atoms. The summed E-state index contributed by atoms with van der Waals surface area (Å²) in [5.74, 6) is 1.02. The van der Waals surface area contributed by atoms with E-state index in [1.54, 1.807) is 0 Å². The van der Waals surface area contributed by atoms with E-state index in [2.05, 4.69) is 44.0 Å². The fourth-order valence-corrected chi connectivity index (χ4v) is 3.08. The van der Waals surface area contributed by atoms with E-state index in [0.29, 0.717) is 6.54 Å². The number of anilines is 2. The Morgan fingerprint density at radius 3 is 2.46 bits per heavy atom. The van der Waals surface area contributed by atoms with Gasteiger partial charge in [0.2, 0.25) is 0 Å². The van der Waals surface area contributed by atoms with Crippen LogP contribution in [0.4, 0.5) is 11.5 Å². The lowest BCUT2D eigenvalue weighted by Crippen LogP contribution is -2.46. The van der Waals surface area contributed by atoms with E-state index >= 15 is 0 Å². The van der Waals surface area contributed by atoms with Crippen molar-refractivity contribution < 1.29 is 0 Å². The summed E-state index contributed by atoms with van der Waals surface area (Å²) in [5.41, 5.74) is 8.74. The summed E-state index contributed by atoms with van der Waals surface area (Å²) in [7, 11) is 0. The van der Waals surface area contributed by atoms with Gasteiger partial charge in [0.15, 0.2) is 0 Å². The summed E-state index contributed by atoms with van der Waals surface area (Å²) in [4.78, 5) is 17.9. The van der Waals surface area contributed by atoms with Crippen molar-refractivity contribution in [2.24, 2.45) is 5.73 Å². The highest BCUT2D eigenvalue weighted by Gasteiger charge is 2.18. The second-order valence-electron chi connectivity index (χ2n) is 5.92. The SMILES string of the molecule is NCc1cc2nc(N3CCN(c4ccncc4)CC3)ccc2cn1. The number of hydrogen-bond acceptors (Lipinski definition) is 6. The van der Waals surface area contributed by atoms with E-state index < -0.39 is 0 Å². The predicted molar refractivity (Wildman–Crippen MR) is 96.1 cm³/mol. The summed E-state index contributed by atoms with van der Waals surface area (Å²) < 4.78 is 0. The number of fused-ring (bicyclic) bond motifs is 1. The molecule has 6 heteroatoms. The van der Waals surface area contributed by atoms with E-state index in [-0.39, 0.29) is 0 Å². The van der Waals surface area contributed by atoms with Crippen molar-refractivity contribution >= 4 is 22.4 Å². The van der Waals surface area contributed by atoms with Gasteiger partial charge in [0.05, 0.1) is 11.2 Å². The summed E-state index contributed by atoms with van der Waals surface area (Å²) >= 11 is 0. The molecule has 0 atom stereocenters. The van der Waals surface area contributed by atoms with Gasteiger partial charge in [-0.15, -0.1) is 0 Å². The third-order valence-electron chi connectivity index (χ3n) is 4.46. The molecule has 0 saturated carbocycles. The molecule has 6 nitrogen and oxygen atoms in total. The van der Waals surface area contributed by atoms with Gasteiger partial charge in [0, 0.05) is 62.4 Å². The van der Waals surface area contributed by atoms with Crippen LogP contribution in [-0.4, -0.2) is 41.1 Å². The van der Waals surface area contributed by atoms with Crippen molar-refractivity contribution in [3.8, 4) is 0 Å². The molecular formula is C18H20N6. The maximum Gasteiger partial charge on any atom is 0.129 e. The Hall–Kier alpha value is -2.73. The quantitative estimate of drug-likeness (QED) is 0.793. The minimum Gasteiger partial charge on any atom is -0.368 e. The first-order chi connectivity index (χ1) is 11.8. The van der Waals surface area contributed by atoms with Crippen molar-refractivity contribution in [1.29, 1.82) is 0 Å². The normalized spacial score (nSPS) is 15.0. The molecule has 2 N–H and O–H groups in total. The van der Waals surface area contributed by atoms with Crippen LogP contribution in [0.2, 0.25) is 0 Å². The lowest BCUT2D eigenvalue weighted by atomic mass is 10.2. The van der Waals surface area contributed by atoms with E-state index in [9.17, 15) is 0 Å². The van der Waals surface area contributed by atoms with Crippen LogP contribution < -0.4 is 15.5 Å². The Balaban J connectivity index is 1.52. The largest absolute Gasteiger partial charge is 0.368 e. The number of rotatable bonds is 3. The molecule has 3 aromatic heterocycles. The van der Waals surface area contributed by atoms with Gasteiger partial charge in [-0.1, -0.05) is 0 Å². The molecule has 1 aliphatic heterocycles. The van der Waals surface area contributed by atoms with E-state index in [4.69, 9.17) is 10.7 Å². The Labute approximate surface area is 141 Å². The third-order valence-corrected chi connectivity index (χ3v) is 4.46. The first kappa shape index (κ1) is 14.8. The number of hydrogen-bond donors (Lipinski definition) is 1. The Morgan fingerprint density at radius 2 is 1.71 bits per heavy atom. The molecule has 0 amide bonds. The molecule has 3 aromatic rings. The molecule has 0 aromatic carbocycles. The number of piperazine rings is 1. The van der Waals surface area contributed by atoms with E-state index in [0.717, 1.165) is 48.6 Å². The number of nitrogens with two attached hydrogens (primary N) is 1. The minimum absolute atomic E-state index is 0.437. The van der Waals surface area contributed by atoms with Crippen LogP contribution in [-0.2, 0) is 6.54 Å². The second kappa shape index (κ2) is 6.41. The maximum absolute atomic E-state index is 5.68. The molecule has 0 spiro atoms. The van der Waals surface area contributed by atoms with Crippen LogP contribution >= 0.6 is 0 Å². The Kier molecular flexibility index (Phi) is 3.96. The van der Waals surface area contributed by atoms with Crippen molar-refractivity contribution in [3.05, 3.63) is 54.6 Å². The molecule has 24 heavy (non-hydrogen) atoms. The predicted octanol–water partition coefficient (Wildman–Crippen LogP) is 1.81. The van der Waals surface area contributed by atoms with Crippen LogP contribution in [0.15, 0.2) is 48.9 Å². The lowest BCUT2D eigenvalue weighted by molar-refractivity contribution is 0.648. The van der Waals surface area contributed by atoms with Crippen LogP contribution in [0.1, 0.15) is 5.69 Å². The molecule has 0 unspecified atom stereocenters. The summed E-state index contributed by atoms with van der Waals surface area (Å²) in [5, 5.41) is 1.05. The standard InChI is InChI=1S/C18H20N6/c19-12-15-11-17-14(13-21-15)1-2-18(22-17)24-9-7-23(8-10-24)16-3-5-20-6-4-16/h1-6,11,13H,7-10,12,19H2. The fraction of sp³-hybridized carbons (Fsp3) is 0.278. The first-order valence-corrected chi connectivity index (χ1v) is 8.19. The van der Waals surface area contributed by atoms with Crippen molar-refractivity contribution in [2.75, 3.05) is 36.0 Å². The topological polar surface area (TPSA) is 71.2 Å². The molecule has 4 heterocycles. The molecule has 0 aliphatic carbocycles. The van der Waals surface area contributed by atoms with Gasteiger partial charge in [0.1, 0.15) is 5.82 Å². The highest BCUT2D eigenvalue weighted by atomic mass is 15.3. The van der Waals surface area contributed by atoms with Gasteiger partial charge in [-0.2, -0.15) is 0 Å². The number of nitrogens with zero attached hydrogens (tertiary/aromatic N) is 5. The summed E-state index contributed by atoms with van der Waals surface area (Å²) in [6.45, 7) is 4.31. The molecular weight excluding hydrogens is 300 g/mol. The number of pyridine rings is 3. The molecule has 0 radical (unpaired) electrons. The van der Waals surface area contributed by atoms with Gasteiger partial charge in [-0.05, 0) is 30.3 Å². The van der Waals surface area contributed by atoms with Crippen LogP contribution in [0.3, 0.4) is 0 Å². The first-order valence-electron chi connectivity index (χ1n) is 8.19. The van der Waals surface area contributed by atoms with Crippen LogP contribution in [0.5, 0.6) is 0 Å². The average molecular weight is 320 g/mol. The van der Waals surface area contributed by atoms with Gasteiger partial charge >= 0.3 is 0 Å². The fourth-order valence-electron chi connectivity index (χ4n) is 3.08. The zero-order chi connectivity index (χ0) is 16.4. The molecule has 1 aliphatic rings. The molecule has 4 rings (SSSR count). The third kappa shape index (κ3) is 2.88. The molecule has 122 valence electrons. The monoisotopic (exact) mass is 320 g/mol. The van der Waals surface area contributed by atoms with Crippen molar-refractivity contribution in [2.45, 2.75) is 6.54 Å². The molecule has 1 fully saturated rings. The Morgan fingerprint density at radius 1 is 0.958 bits per heavy atom. The second-order valence-corrected chi connectivity index (χ2v) is 5.92. The zero-order valence-corrected chi connectivity index (χ0v) is 13.5. The zero-order valence-electron chi connectivity index (χ0n) is 13.5. The number of aromatic nitrogens is 3. The van der Waals surface area contributed by atoms with Gasteiger partial charge < -0.3 is 15.5 Å². The lowest BCUT2D eigenvalue weighted by Gasteiger charge is -2.36. The van der Waals surface area contributed by atoms with Crippen LogP contribution in [0, 0.1) is 0 Å². The maximum atomic E-state index is 5.68. The van der Waals surface area contributed by atoms with Gasteiger partial charge in [-0.25, -0.2) is 4.98 Å². The van der Waals surface area contributed by atoms with Crippen LogP contribution in [0.25, 0.3) is 10.9 Å². The average Bonchev–Trinajstić information content (AvgIpc) is 2.68. The minimum atomic E-state index is 0.437. The Bertz CT molecular complexity index is 827.